The first-order valence-electron chi connectivity index (χ1n) is 5.87. The predicted molar refractivity (Wildman–Crippen MR) is 70.2 cm³/mol. The van der Waals surface area contributed by atoms with Crippen LogP contribution in [0.2, 0.25) is 18.1 Å². The maximum atomic E-state index is 11.2. The number of hydrogen-bond donors (Lipinski definition) is 1. The molecule has 1 N–H and O–H groups in total. The molecule has 1 amide bonds. The van der Waals surface area contributed by atoms with E-state index in [2.05, 4.69) is 39.2 Å². The molecule has 5 heteroatoms. The van der Waals surface area contributed by atoms with Crippen LogP contribution in [0.1, 0.15) is 20.8 Å². The lowest BCUT2D eigenvalue weighted by atomic mass is 10.2. The van der Waals surface area contributed by atoms with Crippen LogP contribution in [0.15, 0.2) is 11.8 Å². The molecule has 0 saturated heterocycles. The molecule has 0 bridgehead atoms. The van der Waals surface area contributed by atoms with E-state index in [-0.39, 0.29) is 17.0 Å². The van der Waals surface area contributed by atoms with Crippen LogP contribution in [0.4, 0.5) is 0 Å². The lowest BCUT2D eigenvalue weighted by Gasteiger charge is -2.37. The molecule has 17 heavy (non-hydrogen) atoms. The van der Waals surface area contributed by atoms with Gasteiger partial charge in [-0.15, -0.1) is 0 Å². The molecule has 0 aliphatic carbocycles. The molecule has 0 spiro atoms. The molecule has 0 saturated carbocycles. The lowest BCUT2D eigenvalue weighted by molar-refractivity contribution is -0.116. The van der Waals surface area contributed by atoms with Crippen molar-refractivity contribution in [3.8, 4) is 0 Å². The van der Waals surface area contributed by atoms with Crippen molar-refractivity contribution in [2.24, 2.45) is 0 Å². The van der Waals surface area contributed by atoms with Crippen LogP contribution < -0.4 is 5.32 Å². The Balaban J connectivity index is 2.58. The molecule has 1 aliphatic heterocycles. The Morgan fingerprint density at radius 3 is 2.47 bits per heavy atom. The highest BCUT2D eigenvalue weighted by Crippen LogP contribution is 2.36. The molecule has 0 radical (unpaired) electrons. The summed E-state index contributed by atoms with van der Waals surface area (Å²) in [5.41, 5.74) is 0. The zero-order chi connectivity index (χ0) is 13.3. The van der Waals surface area contributed by atoms with E-state index in [0.29, 0.717) is 12.4 Å². The van der Waals surface area contributed by atoms with E-state index in [9.17, 15) is 4.79 Å². The number of hydrogen-bond acceptors (Lipinski definition) is 3. The molecule has 0 aromatic carbocycles. The van der Waals surface area contributed by atoms with Crippen molar-refractivity contribution in [3.63, 3.8) is 0 Å². The first kappa shape index (κ1) is 14.2. The molecule has 1 atom stereocenters. The lowest BCUT2D eigenvalue weighted by Crippen LogP contribution is -2.45. The molecular formula is C12H23NO3Si. The standard InChI is InChI=1S/C12H23NO3Si/c1-12(2,3)17(5,6)16-8-9-10(15-4)7-11(14)13-9/h7,9H,8H2,1-6H3,(H,13,14)/t9-/m0/s1. The zero-order valence-electron chi connectivity index (χ0n) is 11.6. The molecule has 98 valence electrons. The second-order valence-corrected chi connectivity index (χ2v) is 10.7. The van der Waals surface area contributed by atoms with Gasteiger partial charge in [0.15, 0.2) is 8.32 Å². The highest BCUT2D eigenvalue weighted by atomic mass is 28.4. The van der Waals surface area contributed by atoms with Gasteiger partial charge in [-0.1, -0.05) is 20.8 Å². The van der Waals surface area contributed by atoms with Gasteiger partial charge in [0.25, 0.3) is 0 Å². The second-order valence-electron chi connectivity index (χ2n) is 5.88. The van der Waals surface area contributed by atoms with Crippen molar-refractivity contribution < 1.29 is 14.0 Å². The Kier molecular flexibility index (Phi) is 4.04. The molecule has 0 aromatic rings. The normalized spacial score (nSPS) is 21.2. The first-order valence-corrected chi connectivity index (χ1v) is 8.78. The van der Waals surface area contributed by atoms with E-state index in [1.54, 1.807) is 7.11 Å². The summed E-state index contributed by atoms with van der Waals surface area (Å²) in [5.74, 6) is 0.555. The van der Waals surface area contributed by atoms with Crippen LogP contribution in [-0.4, -0.2) is 34.0 Å². The van der Waals surface area contributed by atoms with E-state index < -0.39 is 8.32 Å². The van der Waals surface area contributed by atoms with Gasteiger partial charge in [-0.3, -0.25) is 4.79 Å². The maximum absolute atomic E-state index is 11.2. The van der Waals surface area contributed by atoms with Gasteiger partial charge in [-0.2, -0.15) is 0 Å². The summed E-state index contributed by atoms with van der Waals surface area (Å²) in [6.45, 7) is 11.5. The molecule has 0 fully saturated rings. The molecule has 1 rings (SSSR count). The monoisotopic (exact) mass is 257 g/mol. The number of rotatable bonds is 4. The van der Waals surface area contributed by atoms with E-state index >= 15 is 0 Å². The van der Waals surface area contributed by atoms with Gasteiger partial charge < -0.3 is 14.5 Å². The Bertz CT molecular complexity index is 331. The molecular weight excluding hydrogens is 234 g/mol. The summed E-state index contributed by atoms with van der Waals surface area (Å²) in [6.07, 6.45) is 1.49. The predicted octanol–water partition coefficient (Wildman–Crippen LogP) is 2.04. The van der Waals surface area contributed by atoms with Gasteiger partial charge in [0.05, 0.1) is 13.7 Å². The van der Waals surface area contributed by atoms with Crippen LogP contribution in [-0.2, 0) is 14.0 Å². The van der Waals surface area contributed by atoms with Crippen molar-refractivity contribution in [2.45, 2.75) is 44.9 Å². The smallest absolute Gasteiger partial charge is 0.248 e. The van der Waals surface area contributed by atoms with Crippen LogP contribution in [0.3, 0.4) is 0 Å². The summed E-state index contributed by atoms with van der Waals surface area (Å²) in [4.78, 5) is 11.2. The average Bonchev–Trinajstić information content (AvgIpc) is 2.54. The zero-order valence-corrected chi connectivity index (χ0v) is 12.6. The van der Waals surface area contributed by atoms with Gasteiger partial charge in [-0.05, 0) is 18.1 Å². The minimum atomic E-state index is -1.77. The fourth-order valence-corrected chi connectivity index (χ4v) is 2.36. The fourth-order valence-electron chi connectivity index (χ4n) is 1.35. The van der Waals surface area contributed by atoms with E-state index in [1.807, 2.05) is 0 Å². The minimum absolute atomic E-state index is 0.106. The number of nitrogens with one attached hydrogen (secondary N) is 1. The Morgan fingerprint density at radius 2 is 2.00 bits per heavy atom. The van der Waals surface area contributed by atoms with Crippen molar-refractivity contribution in [1.29, 1.82) is 0 Å². The summed E-state index contributed by atoms with van der Waals surface area (Å²) < 4.78 is 11.2. The third kappa shape index (κ3) is 3.32. The van der Waals surface area contributed by atoms with Gasteiger partial charge in [-0.25, -0.2) is 0 Å². The molecule has 0 aromatic heterocycles. The number of carbonyl (C=O) groups excluding carboxylic acids is 1. The topological polar surface area (TPSA) is 47.6 Å². The van der Waals surface area contributed by atoms with E-state index in [0.717, 1.165) is 0 Å². The van der Waals surface area contributed by atoms with Crippen LogP contribution >= 0.6 is 0 Å². The van der Waals surface area contributed by atoms with E-state index in [4.69, 9.17) is 9.16 Å². The Hall–Kier alpha value is -0.813. The van der Waals surface area contributed by atoms with Crippen LogP contribution in [0.5, 0.6) is 0 Å². The van der Waals surface area contributed by atoms with Gasteiger partial charge in [0.1, 0.15) is 11.8 Å². The maximum Gasteiger partial charge on any atom is 0.248 e. The van der Waals surface area contributed by atoms with Crippen molar-refractivity contribution >= 4 is 14.2 Å². The van der Waals surface area contributed by atoms with Crippen LogP contribution in [0, 0.1) is 0 Å². The minimum Gasteiger partial charge on any atom is -0.499 e. The third-order valence-corrected chi connectivity index (χ3v) is 8.09. The highest BCUT2D eigenvalue weighted by Gasteiger charge is 2.38. The highest BCUT2D eigenvalue weighted by molar-refractivity contribution is 6.74. The molecule has 1 heterocycles. The SMILES string of the molecule is COC1=CC(=O)N[C@H]1CO[Si](C)(C)C(C)(C)C. The molecule has 0 unspecified atom stereocenters. The second kappa shape index (κ2) is 4.82. The van der Waals surface area contributed by atoms with Crippen molar-refractivity contribution in [3.05, 3.63) is 11.8 Å². The van der Waals surface area contributed by atoms with Gasteiger partial charge in [0, 0.05) is 6.08 Å². The van der Waals surface area contributed by atoms with Crippen molar-refractivity contribution in [1.82, 2.24) is 5.32 Å². The summed E-state index contributed by atoms with van der Waals surface area (Å²) in [6, 6.07) is -0.137. The van der Waals surface area contributed by atoms with Crippen LogP contribution in [0.25, 0.3) is 0 Å². The van der Waals surface area contributed by atoms with E-state index in [1.165, 1.54) is 6.08 Å². The number of ether oxygens (including phenoxy) is 1. The number of methoxy groups -OCH3 is 1. The summed E-state index contributed by atoms with van der Waals surface area (Å²) >= 11 is 0. The third-order valence-electron chi connectivity index (χ3n) is 3.59. The number of carbonyl (C=O) groups is 1. The quantitative estimate of drug-likeness (QED) is 0.784. The van der Waals surface area contributed by atoms with Gasteiger partial charge in [0.2, 0.25) is 5.91 Å². The Labute approximate surface area is 105 Å². The average molecular weight is 257 g/mol. The number of amides is 1. The van der Waals surface area contributed by atoms with Crippen molar-refractivity contribution in [2.75, 3.05) is 13.7 Å². The molecule has 1 aliphatic rings. The first-order chi connectivity index (χ1) is 7.67. The Morgan fingerprint density at radius 1 is 1.41 bits per heavy atom. The van der Waals surface area contributed by atoms with Gasteiger partial charge >= 0.3 is 0 Å². The summed E-state index contributed by atoms with van der Waals surface area (Å²) in [5, 5.41) is 2.99. The fraction of sp³-hybridized carbons (Fsp3) is 0.750. The summed E-state index contributed by atoms with van der Waals surface area (Å²) in [7, 11) is -0.196. The largest absolute Gasteiger partial charge is 0.499 e. The molecule has 4 nitrogen and oxygen atoms in total.